The summed E-state index contributed by atoms with van der Waals surface area (Å²) in [6.45, 7) is 0.576. The van der Waals surface area contributed by atoms with Gasteiger partial charge in [-0.15, -0.1) is 0 Å². The van der Waals surface area contributed by atoms with Crippen molar-refractivity contribution >= 4 is 17.3 Å². The van der Waals surface area contributed by atoms with Crippen LogP contribution < -0.4 is 11.1 Å². The number of nitro benzene ring substituents is 1. The maximum Gasteiger partial charge on any atom is 0.269 e. The van der Waals surface area contributed by atoms with Gasteiger partial charge in [-0.05, 0) is 12.1 Å². The predicted molar refractivity (Wildman–Crippen MR) is 61.6 cm³/mol. The van der Waals surface area contributed by atoms with E-state index >= 15 is 0 Å². The minimum Gasteiger partial charge on any atom is -0.370 e. The molecule has 92 valence electrons. The van der Waals surface area contributed by atoms with Crippen LogP contribution in [-0.2, 0) is 9.53 Å². The van der Waals surface area contributed by atoms with E-state index in [-0.39, 0.29) is 18.2 Å². The monoisotopic (exact) mass is 239 g/mol. The minimum atomic E-state index is -0.504. The number of benzene rings is 1. The Kier molecular flexibility index (Phi) is 5.05. The average Bonchev–Trinajstić information content (AvgIpc) is 2.30. The highest BCUT2D eigenvalue weighted by Crippen LogP contribution is 2.15. The van der Waals surface area contributed by atoms with Crippen LogP contribution in [-0.4, -0.2) is 30.6 Å². The molecular weight excluding hydrogens is 226 g/mol. The van der Waals surface area contributed by atoms with E-state index in [0.717, 1.165) is 0 Å². The number of carbonyl (C=O) groups is 1. The molecule has 0 aromatic heterocycles. The first-order valence-electron chi connectivity index (χ1n) is 4.95. The van der Waals surface area contributed by atoms with Crippen molar-refractivity contribution in [2.75, 3.05) is 25.1 Å². The number of ether oxygens (including phenoxy) is 1. The molecule has 3 N–H and O–H groups in total. The lowest BCUT2D eigenvalue weighted by molar-refractivity contribution is -0.384. The molecule has 1 aromatic carbocycles. The van der Waals surface area contributed by atoms with Gasteiger partial charge in [0, 0.05) is 24.4 Å². The summed E-state index contributed by atoms with van der Waals surface area (Å²) in [6, 6.07) is 5.55. The second kappa shape index (κ2) is 6.56. The second-order valence-electron chi connectivity index (χ2n) is 3.19. The van der Waals surface area contributed by atoms with Crippen molar-refractivity contribution in [1.29, 1.82) is 0 Å². The Balaban J connectivity index is 2.46. The van der Waals surface area contributed by atoms with Crippen LogP contribution in [0.4, 0.5) is 11.4 Å². The summed E-state index contributed by atoms with van der Waals surface area (Å²) < 4.78 is 4.93. The van der Waals surface area contributed by atoms with E-state index in [0.29, 0.717) is 18.8 Å². The number of amides is 1. The number of hydrogen-bond donors (Lipinski definition) is 2. The Labute approximate surface area is 97.7 Å². The van der Waals surface area contributed by atoms with Gasteiger partial charge in [0.25, 0.3) is 5.69 Å². The number of nitro groups is 1. The van der Waals surface area contributed by atoms with Crippen molar-refractivity contribution in [3.05, 3.63) is 34.4 Å². The molecule has 0 saturated carbocycles. The molecule has 0 atom stereocenters. The van der Waals surface area contributed by atoms with Crippen LogP contribution in [0.5, 0.6) is 0 Å². The van der Waals surface area contributed by atoms with Crippen LogP contribution in [0.2, 0.25) is 0 Å². The highest BCUT2D eigenvalue weighted by molar-refractivity contribution is 5.91. The number of carbonyl (C=O) groups excluding carboxylic acids is 1. The lowest BCUT2D eigenvalue weighted by atomic mass is 10.3. The second-order valence-corrected chi connectivity index (χ2v) is 3.19. The standard InChI is InChI=1S/C10H13N3O4/c11-5-6-17-7-10(14)12-8-1-3-9(4-2-8)13(15)16/h1-4H,5-7,11H2,(H,12,14). The zero-order valence-corrected chi connectivity index (χ0v) is 9.09. The van der Waals surface area contributed by atoms with E-state index in [1.807, 2.05) is 0 Å². The van der Waals surface area contributed by atoms with Crippen LogP contribution in [0, 0.1) is 10.1 Å². The first-order chi connectivity index (χ1) is 8.13. The molecule has 7 nitrogen and oxygen atoms in total. The average molecular weight is 239 g/mol. The summed E-state index contributed by atoms with van der Waals surface area (Å²) in [5.41, 5.74) is 5.65. The van der Waals surface area contributed by atoms with Crippen molar-refractivity contribution in [2.24, 2.45) is 5.73 Å². The number of nitrogens with zero attached hydrogens (tertiary/aromatic N) is 1. The molecule has 0 unspecified atom stereocenters. The van der Waals surface area contributed by atoms with Crippen molar-refractivity contribution < 1.29 is 14.5 Å². The summed E-state index contributed by atoms with van der Waals surface area (Å²) in [7, 11) is 0. The lowest BCUT2D eigenvalue weighted by Crippen LogP contribution is -2.20. The summed E-state index contributed by atoms with van der Waals surface area (Å²) in [5.74, 6) is -0.327. The van der Waals surface area contributed by atoms with Crippen molar-refractivity contribution in [3.63, 3.8) is 0 Å². The van der Waals surface area contributed by atoms with E-state index in [2.05, 4.69) is 5.32 Å². The molecule has 0 radical (unpaired) electrons. The van der Waals surface area contributed by atoms with Gasteiger partial charge in [0.15, 0.2) is 0 Å². The smallest absolute Gasteiger partial charge is 0.269 e. The molecule has 0 fully saturated rings. The van der Waals surface area contributed by atoms with Crippen LogP contribution in [0.15, 0.2) is 24.3 Å². The number of hydrogen-bond acceptors (Lipinski definition) is 5. The molecule has 7 heteroatoms. The van der Waals surface area contributed by atoms with Gasteiger partial charge in [0.05, 0.1) is 11.5 Å². The quantitative estimate of drug-likeness (QED) is 0.427. The zero-order chi connectivity index (χ0) is 12.7. The third-order valence-corrected chi connectivity index (χ3v) is 1.86. The highest BCUT2D eigenvalue weighted by atomic mass is 16.6. The minimum absolute atomic E-state index is 0.0256. The third kappa shape index (κ3) is 4.58. The van der Waals surface area contributed by atoms with Crippen LogP contribution in [0.1, 0.15) is 0 Å². The summed E-state index contributed by atoms with van der Waals surface area (Å²) in [6.07, 6.45) is 0. The lowest BCUT2D eigenvalue weighted by Gasteiger charge is -2.05. The SMILES string of the molecule is NCCOCC(=O)Nc1ccc([N+](=O)[O-])cc1. The summed E-state index contributed by atoms with van der Waals surface area (Å²) in [5, 5.41) is 12.9. The predicted octanol–water partition coefficient (Wildman–Crippen LogP) is 0.509. The fourth-order valence-corrected chi connectivity index (χ4v) is 1.11. The molecule has 1 amide bonds. The van der Waals surface area contributed by atoms with E-state index in [4.69, 9.17) is 10.5 Å². The normalized spacial score (nSPS) is 9.94. The van der Waals surface area contributed by atoms with Crippen LogP contribution in [0.3, 0.4) is 0 Å². The number of nitrogens with two attached hydrogens (primary N) is 1. The Morgan fingerprint density at radius 1 is 1.41 bits per heavy atom. The summed E-state index contributed by atoms with van der Waals surface area (Å²) in [4.78, 5) is 21.2. The first kappa shape index (κ1) is 13.1. The fraction of sp³-hybridized carbons (Fsp3) is 0.300. The zero-order valence-electron chi connectivity index (χ0n) is 9.09. The Hall–Kier alpha value is -1.99. The molecule has 0 spiro atoms. The Morgan fingerprint density at radius 3 is 2.59 bits per heavy atom. The first-order valence-corrected chi connectivity index (χ1v) is 4.95. The van der Waals surface area contributed by atoms with Gasteiger partial charge in [-0.25, -0.2) is 0 Å². The highest BCUT2D eigenvalue weighted by Gasteiger charge is 2.06. The topological polar surface area (TPSA) is 107 Å². The molecule has 0 aliphatic carbocycles. The molecule has 0 aliphatic heterocycles. The van der Waals surface area contributed by atoms with Crippen LogP contribution >= 0.6 is 0 Å². The summed E-state index contributed by atoms with van der Waals surface area (Å²) >= 11 is 0. The van der Waals surface area contributed by atoms with Crippen molar-refractivity contribution in [3.8, 4) is 0 Å². The molecule has 1 rings (SSSR count). The van der Waals surface area contributed by atoms with E-state index < -0.39 is 4.92 Å². The molecule has 0 saturated heterocycles. The van der Waals surface area contributed by atoms with Gasteiger partial charge in [-0.3, -0.25) is 14.9 Å². The molecule has 0 bridgehead atoms. The molecular formula is C10H13N3O4. The third-order valence-electron chi connectivity index (χ3n) is 1.86. The van der Waals surface area contributed by atoms with Gasteiger partial charge >= 0.3 is 0 Å². The number of anilines is 1. The van der Waals surface area contributed by atoms with Crippen molar-refractivity contribution in [1.82, 2.24) is 0 Å². The number of non-ortho nitro benzene ring substituents is 1. The Bertz CT molecular complexity index is 391. The largest absolute Gasteiger partial charge is 0.370 e. The van der Waals surface area contributed by atoms with Crippen LogP contribution in [0.25, 0.3) is 0 Å². The van der Waals surface area contributed by atoms with Gasteiger partial charge in [-0.2, -0.15) is 0 Å². The number of rotatable bonds is 6. The molecule has 0 aliphatic rings. The van der Waals surface area contributed by atoms with Gasteiger partial charge in [-0.1, -0.05) is 0 Å². The maximum absolute atomic E-state index is 11.3. The number of nitrogens with one attached hydrogen (secondary N) is 1. The van der Waals surface area contributed by atoms with Gasteiger partial charge in [0.1, 0.15) is 6.61 Å². The molecule has 0 heterocycles. The molecule has 17 heavy (non-hydrogen) atoms. The van der Waals surface area contributed by atoms with E-state index in [9.17, 15) is 14.9 Å². The fourth-order valence-electron chi connectivity index (χ4n) is 1.11. The molecule has 1 aromatic rings. The Morgan fingerprint density at radius 2 is 2.06 bits per heavy atom. The van der Waals surface area contributed by atoms with Gasteiger partial charge < -0.3 is 15.8 Å². The van der Waals surface area contributed by atoms with E-state index in [1.54, 1.807) is 0 Å². The van der Waals surface area contributed by atoms with Gasteiger partial charge in [0.2, 0.25) is 5.91 Å². The van der Waals surface area contributed by atoms with E-state index in [1.165, 1.54) is 24.3 Å². The maximum atomic E-state index is 11.3. The van der Waals surface area contributed by atoms with Crippen molar-refractivity contribution in [2.45, 2.75) is 0 Å².